The van der Waals surface area contributed by atoms with E-state index in [-0.39, 0.29) is 24.3 Å². The Morgan fingerprint density at radius 2 is 1.40 bits per heavy atom. The van der Waals surface area contributed by atoms with Crippen LogP contribution in [0.15, 0.2) is 0 Å². The molecular weight excluding hydrogens is 254 g/mol. The van der Waals surface area contributed by atoms with Gasteiger partial charge >= 0.3 is 5.97 Å². The van der Waals surface area contributed by atoms with Crippen LogP contribution in [-0.2, 0) is 14.3 Å². The lowest BCUT2D eigenvalue weighted by Crippen LogP contribution is -2.37. The minimum Gasteiger partial charge on any atom is -0.468 e. The zero-order valence-corrected chi connectivity index (χ0v) is 13.0. The monoisotopic (exact) mass is 283 g/mol. The normalized spacial score (nSPS) is 18.9. The molecule has 1 saturated carbocycles. The van der Waals surface area contributed by atoms with Crippen molar-refractivity contribution in [2.24, 2.45) is 5.92 Å². The van der Waals surface area contributed by atoms with Crippen molar-refractivity contribution < 1.29 is 14.3 Å². The number of esters is 1. The van der Waals surface area contributed by atoms with Crippen molar-refractivity contribution in [1.29, 1.82) is 0 Å². The number of carbonyl (C=O) groups is 2. The molecule has 1 amide bonds. The average molecular weight is 283 g/mol. The minimum atomic E-state index is -0.350. The Kier molecular flexibility index (Phi) is 8.31. The summed E-state index contributed by atoms with van der Waals surface area (Å²) in [5.41, 5.74) is 0. The summed E-state index contributed by atoms with van der Waals surface area (Å²) in [6.07, 6.45) is 11.9. The van der Waals surface area contributed by atoms with Crippen molar-refractivity contribution in [2.75, 3.05) is 20.7 Å². The maximum absolute atomic E-state index is 12.4. The Hall–Kier alpha value is -1.06. The molecule has 0 N–H and O–H groups in total. The summed E-state index contributed by atoms with van der Waals surface area (Å²) in [5.74, 6) is -0.157. The maximum Gasteiger partial charge on any atom is 0.325 e. The number of methoxy groups -OCH3 is 1. The van der Waals surface area contributed by atoms with Gasteiger partial charge in [0.05, 0.1) is 7.11 Å². The molecule has 116 valence electrons. The van der Waals surface area contributed by atoms with Crippen LogP contribution in [0, 0.1) is 5.92 Å². The van der Waals surface area contributed by atoms with Gasteiger partial charge in [0.2, 0.25) is 5.91 Å². The number of ether oxygens (including phenoxy) is 1. The van der Waals surface area contributed by atoms with Gasteiger partial charge in [-0.2, -0.15) is 0 Å². The largest absolute Gasteiger partial charge is 0.468 e. The summed E-state index contributed by atoms with van der Waals surface area (Å²) in [5, 5.41) is 0. The number of hydrogen-bond acceptors (Lipinski definition) is 3. The van der Waals surface area contributed by atoms with Gasteiger partial charge in [-0.25, -0.2) is 0 Å². The minimum absolute atomic E-state index is 0.0613. The third-order valence-corrected chi connectivity index (χ3v) is 4.17. The van der Waals surface area contributed by atoms with Crippen molar-refractivity contribution in [2.45, 2.75) is 64.2 Å². The van der Waals surface area contributed by atoms with Crippen LogP contribution in [0.25, 0.3) is 0 Å². The van der Waals surface area contributed by atoms with Crippen LogP contribution in [0.2, 0.25) is 0 Å². The number of amides is 1. The van der Waals surface area contributed by atoms with Gasteiger partial charge in [-0.05, 0) is 12.8 Å². The highest BCUT2D eigenvalue weighted by Gasteiger charge is 2.23. The lowest BCUT2D eigenvalue weighted by Gasteiger charge is -2.23. The van der Waals surface area contributed by atoms with Gasteiger partial charge in [-0.15, -0.1) is 0 Å². The predicted octanol–water partition coefficient (Wildman–Crippen LogP) is 3.15. The SMILES string of the molecule is COC(=O)CN(C)C(=O)C1CCCCCCCCCC1. The molecule has 1 fully saturated rings. The van der Waals surface area contributed by atoms with E-state index in [0.29, 0.717) is 0 Å². The summed E-state index contributed by atoms with van der Waals surface area (Å²) in [4.78, 5) is 25.2. The molecule has 0 spiro atoms. The molecule has 0 aromatic carbocycles. The van der Waals surface area contributed by atoms with Gasteiger partial charge < -0.3 is 9.64 Å². The molecular formula is C16H29NO3. The molecule has 0 aromatic rings. The molecule has 0 unspecified atom stereocenters. The summed E-state index contributed by atoms with van der Waals surface area (Å²) < 4.78 is 4.62. The van der Waals surface area contributed by atoms with Gasteiger partial charge in [0.25, 0.3) is 0 Å². The van der Waals surface area contributed by atoms with Gasteiger partial charge in [0.15, 0.2) is 0 Å². The standard InChI is InChI=1S/C16H29NO3/c1-17(13-15(18)20-2)16(19)14-11-9-7-5-3-4-6-8-10-12-14/h14H,3-13H2,1-2H3. The first-order valence-electron chi connectivity index (χ1n) is 7.97. The molecule has 1 aliphatic rings. The second-order valence-electron chi connectivity index (χ2n) is 5.87. The first kappa shape index (κ1) is 17.0. The van der Waals surface area contributed by atoms with Crippen LogP contribution < -0.4 is 0 Å². The van der Waals surface area contributed by atoms with Crippen molar-refractivity contribution in [3.05, 3.63) is 0 Å². The van der Waals surface area contributed by atoms with E-state index in [4.69, 9.17) is 0 Å². The van der Waals surface area contributed by atoms with E-state index in [0.717, 1.165) is 25.7 Å². The lowest BCUT2D eigenvalue weighted by atomic mass is 9.94. The Morgan fingerprint density at radius 1 is 0.950 bits per heavy atom. The van der Waals surface area contributed by atoms with E-state index in [2.05, 4.69) is 4.74 Å². The van der Waals surface area contributed by atoms with E-state index >= 15 is 0 Å². The molecule has 0 saturated heterocycles. The Labute approximate surface area is 122 Å². The molecule has 4 heteroatoms. The van der Waals surface area contributed by atoms with Crippen molar-refractivity contribution in [1.82, 2.24) is 4.90 Å². The predicted molar refractivity (Wildman–Crippen MR) is 79.3 cm³/mol. The molecule has 0 aromatic heterocycles. The van der Waals surface area contributed by atoms with E-state index in [1.807, 2.05) is 0 Å². The summed E-state index contributed by atoms with van der Waals surface area (Å²) >= 11 is 0. The number of carbonyl (C=O) groups excluding carboxylic acids is 2. The van der Waals surface area contributed by atoms with E-state index < -0.39 is 0 Å². The fraction of sp³-hybridized carbons (Fsp3) is 0.875. The average Bonchev–Trinajstić information content (AvgIpc) is 2.51. The number of nitrogens with zero attached hydrogens (tertiary/aromatic N) is 1. The zero-order chi connectivity index (χ0) is 14.8. The zero-order valence-electron chi connectivity index (χ0n) is 13.0. The number of hydrogen-bond donors (Lipinski definition) is 0. The highest BCUT2D eigenvalue weighted by Crippen LogP contribution is 2.22. The van der Waals surface area contributed by atoms with Crippen LogP contribution in [0.1, 0.15) is 64.2 Å². The third-order valence-electron chi connectivity index (χ3n) is 4.17. The van der Waals surface area contributed by atoms with Crippen molar-refractivity contribution in [3.63, 3.8) is 0 Å². The highest BCUT2D eigenvalue weighted by atomic mass is 16.5. The van der Waals surface area contributed by atoms with E-state index in [1.165, 1.54) is 50.5 Å². The van der Waals surface area contributed by atoms with Crippen LogP contribution >= 0.6 is 0 Å². The molecule has 0 atom stereocenters. The fourth-order valence-electron chi connectivity index (χ4n) is 2.88. The van der Waals surface area contributed by atoms with Crippen LogP contribution in [0.5, 0.6) is 0 Å². The lowest BCUT2D eigenvalue weighted by molar-refractivity contribution is -0.147. The third kappa shape index (κ3) is 6.40. The molecule has 0 radical (unpaired) electrons. The maximum atomic E-state index is 12.4. The Balaban J connectivity index is 2.49. The first-order chi connectivity index (χ1) is 9.65. The van der Waals surface area contributed by atoms with Crippen molar-refractivity contribution >= 4 is 11.9 Å². The van der Waals surface area contributed by atoms with Crippen LogP contribution in [0.3, 0.4) is 0 Å². The second-order valence-corrected chi connectivity index (χ2v) is 5.87. The molecule has 0 bridgehead atoms. The summed E-state index contributed by atoms with van der Waals surface area (Å²) in [7, 11) is 3.05. The Morgan fingerprint density at radius 3 is 1.85 bits per heavy atom. The Bertz CT molecular complexity index is 292. The molecule has 1 rings (SSSR count). The van der Waals surface area contributed by atoms with Gasteiger partial charge in [-0.3, -0.25) is 9.59 Å². The van der Waals surface area contributed by atoms with Crippen molar-refractivity contribution in [3.8, 4) is 0 Å². The van der Waals surface area contributed by atoms with Gasteiger partial charge in [0.1, 0.15) is 6.54 Å². The number of rotatable bonds is 3. The molecule has 4 nitrogen and oxygen atoms in total. The molecule has 1 aliphatic carbocycles. The summed E-state index contributed by atoms with van der Waals surface area (Å²) in [6.45, 7) is 0.0613. The summed E-state index contributed by atoms with van der Waals surface area (Å²) in [6, 6.07) is 0. The van der Waals surface area contributed by atoms with Crippen LogP contribution in [-0.4, -0.2) is 37.5 Å². The smallest absolute Gasteiger partial charge is 0.325 e. The van der Waals surface area contributed by atoms with Gasteiger partial charge in [-0.1, -0.05) is 51.4 Å². The van der Waals surface area contributed by atoms with E-state index in [1.54, 1.807) is 7.05 Å². The fourth-order valence-corrected chi connectivity index (χ4v) is 2.88. The molecule has 0 heterocycles. The van der Waals surface area contributed by atoms with Crippen LogP contribution in [0.4, 0.5) is 0 Å². The topological polar surface area (TPSA) is 46.6 Å². The first-order valence-corrected chi connectivity index (χ1v) is 7.97. The highest BCUT2D eigenvalue weighted by molar-refractivity contribution is 5.83. The quantitative estimate of drug-likeness (QED) is 0.747. The van der Waals surface area contributed by atoms with Gasteiger partial charge in [0, 0.05) is 13.0 Å². The molecule has 20 heavy (non-hydrogen) atoms. The molecule has 0 aliphatic heterocycles. The second kappa shape index (κ2) is 9.78. The number of likely N-dealkylation sites (N-methyl/N-ethyl adjacent to an activating group) is 1. The van der Waals surface area contributed by atoms with E-state index in [9.17, 15) is 9.59 Å².